The smallest absolute Gasteiger partial charge is 0.343 e. The predicted molar refractivity (Wildman–Crippen MR) is 104 cm³/mol. The number of nitrogens with zero attached hydrogens (tertiary/aromatic N) is 6. The van der Waals surface area contributed by atoms with E-state index < -0.39 is 11.9 Å². The number of nitrogens with one attached hydrogen (secondary N) is 1. The number of esters is 1. The lowest BCUT2D eigenvalue weighted by Gasteiger charge is -2.07. The zero-order valence-electron chi connectivity index (χ0n) is 15.9. The van der Waals surface area contributed by atoms with Crippen molar-refractivity contribution in [3.05, 3.63) is 45.6 Å². The van der Waals surface area contributed by atoms with Gasteiger partial charge in [0.05, 0.1) is 28.7 Å². The van der Waals surface area contributed by atoms with Gasteiger partial charge in [-0.3, -0.25) is 14.2 Å². The topological polar surface area (TPSA) is 109 Å². The first-order chi connectivity index (χ1) is 13.3. The van der Waals surface area contributed by atoms with Crippen LogP contribution in [0.5, 0.6) is 0 Å². The second-order valence-corrected chi connectivity index (χ2v) is 6.86. The highest BCUT2D eigenvalue weighted by Crippen LogP contribution is 2.20. The average Bonchev–Trinajstić information content (AvgIpc) is 3.32. The van der Waals surface area contributed by atoms with Crippen LogP contribution in [0.2, 0.25) is 0 Å². The molecular formula is C17H20BrN7O3. The normalized spacial score (nSPS) is 10.9. The Hall–Kier alpha value is -2.95. The number of hydrogen-bond donors (Lipinski definition) is 1. The molecule has 0 bridgehead atoms. The van der Waals surface area contributed by atoms with Gasteiger partial charge in [-0.1, -0.05) is 0 Å². The summed E-state index contributed by atoms with van der Waals surface area (Å²) in [4.78, 5) is 24.6. The van der Waals surface area contributed by atoms with E-state index in [2.05, 4.69) is 36.5 Å². The molecule has 0 aliphatic heterocycles. The van der Waals surface area contributed by atoms with Crippen LogP contribution in [0.4, 0.5) is 5.82 Å². The number of ether oxygens (including phenoxy) is 1. The summed E-state index contributed by atoms with van der Waals surface area (Å²) >= 11 is 3.49. The molecule has 1 amide bonds. The Balaban J connectivity index is 1.76. The third kappa shape index (κ3) is 3.84. The third-order valence-electron chi connectivity index (χ3n) is 4.11. The van der Waals surface area contributed by atoms with Gasteiger partial charge in [-0.2, -0.15) is 15.3 Å². The molecule has 0 radical (unpaired) electrons. The zero-order chi connectivity index (χ0) is 20.4. The van der Waals surface area contributed by atoms with E-state index in [1.807, 2.05) is 13.8 Å². The van der Waals surface area contributed by atoms with E-state index in [0.29, 0.717) is 6.67 Å². The Kier molecular flexibility index (Phi) is 5.63. The number of carbonyl (C=O) groups is 2. The lowest BCUT2D eigenvalue weighted by molar-refractivity contribution is 0.0527. The van der Waals surface area contributed by atoms with Gasteiger partial charge in [0.1, 0.15) is 18.1 Å². The van der Waals surface area contributed by atoms with E-state index in [9.17, 15) is 9.59 Å². The molecule has 10 nitrogen and oxygen atoms in total. The molecule has 0 unspecified atom stereocenters. The number of aromatic nitrogens is 6. The van der Waals surface area contributed by atoms with Gasteiger partial charge in [0.25, 0.3) is 5.91 Å². The molecule has 3 rings (SSSR count). The van der Waals surface area contributed by atoms with E-state index in [1.54, 1.807) is 35.6 Å². The van der Waals surface area contributed by atoms with E-state index >= 15 is 0 Å². The Morgan fingerprint density at radius 1 is 1.29 bits per heavy atom. The number of carbonyl (C=O) groups excluding carboxylic acids is 2. The molecule has 28 heavy (non-hydrogen) atoms. The molecule has 0 fully saturated rings. The predicted octanol–water partition coefficient (Wildman–Crippen LogP) is 2.13. The second kappa shape index (κ2) is 7.97. The van der Waals surface area contributed by atoms with Gasteiger partial charge in [-0.25, -0.2) is 9.48 Å². The number of anilines is 1. The Bertz CT molecular complexity index is 1030. The van der Waals surface area contributed by atoms with Gasteiger partial charge < -0.3 is 10.1 Å². The third-order valence-corrected chi connectivity index (χ3v) is 5.26. The van der Waals surface area contributed by atoms with Crippen LogP contribution in [0, 0.1) is 13.8 Å². The number of halogens is 1. The van der Waals surface area contributed by atoms with Crippen LogP contribution in [-0.2, 0) is 18.5 Å². The fourth-order valence-corrected chi connectivity index (χ4v) is 2.91. The number of aryl methyl sites for hydroxylation is 2. The summed E-state index contributed by atoms with van der Waals surface area (Å²) in [6.45, 7) is 6.16. The summed E-state index contributed by atoms with van der Waals surface area (Å²) < 4.78 is 10.7. The van der Waals surface area contributed by atoms with E-state index in [0.717, 1.165) is 15.9 Å². The molecule has 0 saturated heterocycles. The van der Waals surface area contributed by atoms with Gasteiger partial charge in [-0.05, 0) is 42.8 Å². The molecule has 0 saturated carbocycles. The van der Waals surface area contributed by atoms with Crippen molar-refractivity contribution in [3.8, 4) is 0 Å². The maximum atomic E-state index is 12.6. The van der Waals surface area contributed by atoms with E-state index in [-0.39, 0.29) is 23.7 Å². The number of hydrogen-bond acceptors (Lipinski definition) is 6. The van der Waals surface area contributed by atoms with Crippen molar-refractivity contribution in [2.75, 3.05) is 11.9 Å². The summed E-state index contributed by atoms with van der Waals surface area (Å²) in [5.41, 5.74) is 2.24. The van der Waals surface area contributed by atoms with Crippen LogP contribution in [0.1, 0.15) is 39.2 Å². The molecule has 0 aromatic carbocycles. The highest BCUT2D eigenvalue weighted by atomic mass is 79.9. The van der Waals surface area contributed by atoms with Crippen molar-refractivity contribution < 1.29 is 14.3 Å². The first kappa shape index (κ1) is 19.8. The van der Waals surface area contributed by atoms with Gasteiger partial charge >= 0.3 is 5.97 Å². The van der Waals surface area contributed by atoms with Crippen LogP contribution in [0.15, 0.2) is 22.9 Å². The van der Waals surface area contributed by atoms with Crippen LogP contribution in [0.3, 0.4) is 0 Å². The summed E-state index contributed by atoms with van der Waals surface area (Å²) in [6.07, 6.45) is 3.04. The molecule has 3 aromatic heterocycles. The molecule has 11 heteroatoms. The minimum Gasteiger partial charge on any atom is -0.462 e. The molecule has 0 aliphatic rings. The highest BCUT2D eigenvalue weighted by molar-refractivity contribution is 9.10. The van der Waals surface area contributed by atoms with Crippen molar-refractivity contribution >= 4 is 33.6 Å². The zero-order valence-corrected chi connectivity index (χ0v) is 17.5. The molecule has 0 atom stereocenters. The molecule has 0 aliphatic carbocycles. The van der Waals surface area contributed by atoms with Crippen LogP contribution in [-0.4, -0.2) is 47.8 Å². The quantitative estimate of drug-likeness (QED) is 0.577. The second-order valence-electron chi connectivity index (χ2n) is 6.07. The average molecular weight is 450 g/mol. The van der Waals surface area contributed by atoms with Crippen LogP contribution in [0.25, 0.3) is 0 Å². The lowest BCUT2D eigenvalue weighted by atomic mass is 10.3. The summed E-state index contributed by atoms with van der Waals surface area (Å²) in [5, 5.41) is 15.4. The number of amides is 1. The Morgan fingerprint density at radius 2 is 2.04 bits per heavy atom. The van der Waals surface area contributed by atoms with Crippen molar-refractivity contribution in [1.82, 2.24) is 29.3 Å². The minimum atomic E-state index is -0.550. The summed E-state index contributed by atoms with van der Waals surface area (Å²) in [6, 6.07) is 1.59. The highest BCUT2D eigenvalue weighted by Gasteiger charge is 2.21. The maximum absolute atomic E-state index is 12.6. The molecule has 148 valence electrons. The Morgan fingerprint density at radius 3 is 2.68 bits per heavy atom. The number of rotatable bonds is 6. The van der Waals surface area contributed by atoms with Gasteiger partial charge in [0, 0.05) is 13.2 Å². The van der Waals surface area contributed by atoms with Gasteiger partial charge in [0.2, 0.25) is 0 Å². The monoisotopic (exact) mass is 449 g/mol. The first-order valence-electron chi connectivity index (χ1n) is 8.55. The van der Waals surface area contributed by atoms with Crippen molar-refractivity contribution in [1.29, 1.82) is 0 Å². The van der Waals surface area contributed by atoms with Gasteiger partial charge in [-0.15, -0.1) is 0 Å². The van der Waals surface area contributed by atoms with Crippen LogP contribution >= 0.6 is 15.9 Å². The van der Waals surface area contributed by atoms with Crippen LogP contribution < -0.4 is 5.32 Å². The van der Waals surface area contributed by atoms with E-state index in [1.165, 1.54) is 10.9 Å². The maximum Gasteiger partial charge on any atom is 0.343 e. The van der Waals surface area contributed by atoms with Gasteiger partial charge in [0.15, 0.2) is 5.69 Å². The summed E-state index contributed by atoms with van der Waals surface area (Å²) in [5.74, 6) is -0.755. The fraction of sp³-hybridized carbons (Fsp3) is 0.353. The van der Waals surface area contributed by atoms with Crippen molar-refractivity contribution in [2.45, 2.75) is 27.4 Å². The SMILES string of the molecule is CCOC(=O)c1cnn(C)c1NC(=O)c1ccn(Cn2nc(C)c(Br)c2C)n1. The Labute approximate surface area is 169 Å². The molecule has 0 spiro atoms. The van der Waals surface area contributed by atoms with Crippen molar-refractivity contribution in [2.24, 2.45) is 7.05 Å². The summed E-state index contributed by atoms with van der Waals surface area (Å²) in [7, 11) is 1.62. The standard InChI is InChI=1S/C17H20BrN7O3/c1-5-28-17(27)12-8-19-23(4)15(12)20-16(26)13-6-7-24(22-13)9-25-11(3)14(18)10(2)21-25/h6-8H,5,9H2,1-4H3,(H,20,26). The van der Waals surface area contributed by atoms with Crippen molar-refractivity contribution in [3.63, 3.8) is 0 Å². The fourth-order valence-electron chi connectivity index (χ4n) is 2.63. The van der Waals surface area contributed by atoms with E-state index in [4.69, 9.17) is 4.74 Å². The molecule has 3 aromatic rings. The largest absolute Gasteiger partial charge is 0.462 e. The molecular weight excluding hydrogens is 430 g/mol. The minimum absolute atomic E-state index is 0.185. The first-order valence-corrected chi connectivity index (χ1v) is 9.34. The lowest BCUT2D eigenvalue weighted by Crippen LogP contribution is -2.19. The molecule has 1 N–H and O–H groups in total. The molecule has 3 heterocycles.